The highest BCUT2D eigenvalue weighted by Crippen LogP contribution is 2.11. The van der Waals surface area contributed by atoms with Crippen LogP contribution in [0.15, 0.2) is 29.2 Å². The van der Waals surface area contributed by atoms with Crippen molar-refractivity contribution in [3.8, 4) is 0 Å². The molecule has 1 unspecified atom stereocenters. The molecular weight excluding hydrogens is 290 g/mol. The number of benzene rings is 1. The monoisotopic (exact) mass is 305 g/mol. The zero-order valence-electron chi connectivity index (χ0n) is 9.40. The Balaban J connectivity index is 2.82. The van der Waals surface area contributed by atoms with E-state index in [1.165, 1.54) is 0 Å². The Labute approximate surface area is 105 Å². The van der Waals surface area contributed by atoms with Crippen molar-refractivity contribution in [2.75, 3.05) is 5.33 Å². The number of hydrogen-bond acceptors (Lipinski definition) is 2. The average Bonchev–Trinajstić information content (AvgIpc) is 2.17. The zero-order valence-corrected chi connectivity index (χ0v) is 11.8. The molecule has 0 fully saturated rings. The number of sulfonamides is 1. The molecular formula is C11H16BrNO2S. The standard InChI is InChI=1S/C11H16BrNO2S/c1-9-3-5-11(6-4-9)16(14,15)13-10(2)7-8-12/h3-6,10,13H,7-8H2,1-2H3. The quantitative estimate of drug-likeness (QED) is 0.849. The minimum absolute atomic E-state index is 0.0642. The highest BCUT2D eigenvalue weighted by molar-refractivity contribution is 9.09. The van der Waals surface area contributed by atoms with Gasteiger partial charge in [0.15, 0.2) is 0 Å². The maximum absolute atomic E-state index is 11.9. The van der Waals surface area contributed by atoms with Crippen LogP contribution in [0.3, 0.4) is 0 Å². The molecule has 0 saturated heterocycles. The molecule has 1 aromatic carbocycles. The average molecular weight is 306 g/mol. The predicted molar refractivity (Wildman–Crippen MR) is 69.4 cm³/mol. The van der Waals surface area contributed by atoms with Crippen LogP contribution in [0.25, 0.3) is 0 Å². The first kappa shape index (κ1) is 13.7. The lowest BCUT2D eigenvalue weighted by Gasteiger charge is -2.12. The van der Waals surface area contributed by atoms with Crippen molar-refractivity contribution >= 4 is 26.0 Å². The lowest BCUT2D eigenvalue weighted by atomic mass is 10.2. The van der Waals surface area contributed by atoms with Crippen LogP contribution in [-0.2, 0) is 10.0 Å². The molecule has 0 heterocycles. The number of hydrogen-bond donors (Lipinski definition) is 1. The second-order valence-corrected chi connectivity index (χ2v) is 6.32. The summed E-state index contributed by atoms with van der Waals surface area (Å²) in [6.07, 6.45) is 0.769. The number of alkyl halides is 1. The summed E-state index contributed by atoms with van der Waals surface area (Å²) >= 11 is 3.29. The molecule has 0 aliphatic carbocycles. The van der Waals surface area contributed by atoms with Gasteiger partial charge in [0.2, 0.25) is 10.0 Å². The van der Waals surface area contributed by atoms with Crippen LogP contribution < -0.4 is 4.72 Å². The van der Waals surface area contributed by atoms with Gasteiger partial charge in [-0.25, -0.2) is 13.1 Å². The molecule has 0 spiro atoms. The fourth-order valence-electron chi connectivity index (χ4n) is 1.27. The molecule has 0 saturated carbocycles. The van der Waals surface area contributed by atoms with E-state index in [1.807, 2.05) is 13.8 Å². The van der Waals surface area contributed by atoms with Gasteiger partial charge in [0.25, 0.3) is 0 Å². The molecule has 0 aliphatic heterocycles. The second-order valence-electron chi connectivity index (χ2n) is 3.81. The summed E-state index contributed by atoms with van der Waals surface area (Å²) in [5.41, 5.74) is 1.05. The Morgan fingerprint density at radius 3 is 2.38 bits per heavy atom. The first-order valence-electron chi connectivity index (χ1n) is 5.10. The van der Waals surface area contributed by atoms with E-state index < -0.39 is 10.0 Å². The predicted octanol–water partition coefficient (Wildman–Crippen LogP) is 2.45. The van der Waals surface area contributed by atoms with Crippen LogP contribution in [0, 0.1) is 6.92 Å². The Hall–Kier alpha value is -0.390. The molecule has 0 aromatic heterocycles. The van der Waals surface area contributed by atoms with E-state index in [0.717, 1.165) is 17.3 Å². The van der Waals surface area contributed by atoms with E-state index >= 15 is 0 Å². The van der Waals surface area contributed by atoms with Gasteiger partial charge >= 0.3 is 0 Å². The van der Waals surface area contributed by atoms with E-state index in [9.17, 15) is 8.42 Å². The third-order valence-electron chi connectivity index (χ3n) is 2.23. The molecule has 0 bridgehead atoms. The van der Waals surface area contributed by atoms with Crippen molar-refractivity contribution in [3.05, 3.63) is 29.8 Å². The molecule has 1 atom stereocenters. The van der Waals surface area contributed by atoms with Crippen molar-refractivity contribution in [1.29, 1.82) is 0 Å². The minimum atomic E-state index is -3.37. The first-order chi connectivity index (χ1) is 7.45. The summed E-state index contributed by atoms with van der Waals surface area (Å²) in [7, 11) is -3.37. The summed E-state index contributed by atoms with van der Waals surface area (Å²) < 4.78 is 26.4. The molecule has 3 nitrogen and oxygen atoms in total. The fraction of sp³-hybridized carbons (Fsp3) is 0.455. The van der Waals surface area contributed by atoms with Crippen molar-refractivity contribution in [2.45, 2.75) is 31.2 Å². The molecule has 16 heavy (non-hydrogen) atoms. The van der Waals surface area contributed by atoms with Gasteiger partial charge in [-0.3, -0.25) is 0 Å². The molecule has 1 aromatic rings. The number of rotatable bonds is 5. The van der Waals surface area contributed by atoms with Gasteiger partial charge in [-0.2, -0.15) is 0 Å². The third-order valence-corrected chi connectivity index (χ3v) is 4.29. The molecule has 1 N–H and O–H groups in total. The minimum Gasteiger partial charge on any atom is -0.208 e. The smallest absolute Gasteiger partial charge is 0.208 e. The van der Waals surface area contributed by atoms with Crippen molar-refractivity contribution < 1.29 is 8.42 Å². The van der Waals surface area contributed by atoms with E-state index in [2.05, 4.69) is 20.7 Å². The van der Waals surface area contributed by atoms with Gasteiger partial charge in [0.05, 0.1) is 4.90 Å². The largest absolute Gasteiger partial charge is 0.240 e. The summed E-state index contributed by atoms with van der Waals surface area (Å²) in [6, 6.07) is 6.77. The Bertz CT molecular complexity index is 428. The van der Waals surface area contributed by atoms with Crippen LogP contribution in [0.4, 0.5) is 0 Å². The first-order valence-corrected chi connectivity index (χ1v) is 7.71. The molecule has 90 valence electrons. The summed E-state index contributed by atoms with van der Waals surface area (Å²) in [6.45, 7) is 3.78. The summed E-state index contributed by atoms with van der Waals surface area (Å²) in [4.78, 5) is 0.319. The van der Waals surface area contributed by atoms with E-state index in [0.29, 0.717) is 4.90 Å². The third kappa shape index (κ3) is 3.88. The Morgan fingerprint density at radius 1 is 1.31 bits per heavy atom. The number of nitrogens with one attached hydrogen (secondary N) is 1. The number of halogens is 1. The Morgan fingerprint density at radius 2 is 1.88 bits per heavy atom. The maximum Gasteiger partial charge on any atom is 0.240 e. The van der Waals surface area contributed by atoms with Gasteiger partial charge in [-0.15, -0.1) is 0 Å². The van der Waals surface area contributed by atoms with E-state index in [1.54, 1.807) is 24.3 Å². The fourth-order valence-corrected chi connectivity index (χ4v) is 3.24. The van der Waals surface area contributed by atoms with Crippen molar-refractivity contribution in [2.24, 2.45) is 0 Å². The van der Waals surface area contributed by atoms with E-state index in [-0.39, 0.29) is 6.04 Å². The van der Waals surface area contributed by atoms with Crippen LogP contribution in [0.5, 0.6) is 0 Å². The van der Waals surface area contributed by atoms with Crippen LogP contribution in [0.1, 0.15) is 18.9 Å². The van der Waals surface area contributed by atoms with Crippen molar-refractivity contribution in [3.63, 3.8) is 0 Å². The van der Waals surface area contributed by atoms with Gasteiger partial charge in [0, 0.05) is 11.4 Å². The molecule has 0 radical (unpaired) electrons. The van der Waals surface area contributed by atoms with Crippen LogP contribution >= 0.6 is 15.9 Å². The van der Waals surface area contributed by atoms with Gasteiger partial charge < -0.3 is 0 Å². The van der Waals surface area contributed by atoms with E-state index in [4.69, 9.17) is 0 Å². The lowest BCUT2D eigenvalue weighted by molar-refractivity contribution is 0.557. The normalized spacial score (nSPS) is 13.7. The maximum atomic E-state index is 11.9. The second kappa shape index (κ2) is 5.80. The molecule has 0 amide bonds. The van der Waals surface area contributed by atoms with Gasteiger partial charge in [-0.05, 0) is 32.4 Å². The highest BCUT2D eigenvalue weighted by atomic mass is 79.9. The van der Waals surface area contributed by atoms with Crippen LogP contribution in [-0.4, -0.2) is 19.8 Å². The van der Waals surface area contributed by atoms with Crippen LogP contribution in [0.2, 0.25) is 0 Å². The zero-order chi connectivity index (χ0) is 12.2. The Kier molecular flexibility index (Phi) is 4.95. The summed E-state index contributed by atoms with van der Waals surface area (Å²) in [5, 5.41) is 0.782. The summed E-state index contributed by atoms with van der Waals surface area (Å²) in [5.74, 6) is 0. The molecule has 0 aliphatic rings. The topological polar surface area (TPSA) is 46.2 Å². The molecule has 5 heteroatoms. The molecule has 1 rings (SSSR count). The van der Waals surface area contributed by atoms with Gasteiger partial charge in [-0.1, -0.05) is 33.6 Å². The lowest BCUT2D eigenvalue weighted by Crippen LogP contribution is -2.32. The van der Waals surface area contributed by atoms with Gasteiger partial charge in [0.1, 0.15) is 0 Å². The SMILES string of the molecule is Cc1ccc(S(=O)(=O)NC(C)CCBr)cc1. The van der Waals surface area contributed by atoms with Crippen molar-refractivity contribution in [1.82, 2.24) is 4.72 Å². The number of aryl methyl sites for hydroxylation is 1. The highest BCUT2D eigenvalue weighted by Gasteiger charge is 2.16.